The molecule has 2 heterocycles. The van der Waals surface area contributed by atoms with Gasteiger partial charge < -0.3 is 4.84 Å². The maximum Gasteiger partial charge on any atom is 0.358 e. The minimum atomic E-state index is -0.533. The van der Waals surface area contributed by atoms with Crippen LogP contribution in [0.25, 0.3) is 6.08 Å². The second-order valence-electron chi connectivity index (χ2n) is 2.83. The average Bonchev–Trinajstić information content (AvgIpc) is 2.81. The van der Waals surface area contributed by atoms with Gasteiger partial charge in [0.1, 0.15) is 6.33 Å². The van der Waals surface area contributed by atoms with Gasteiger partial charge in [-0.1, -0.05) is 10.9 Å². The molecule has 2 aromatic heterocycles. The van der Waals surface area contributed by atoms with Crippen molar-refractivity contribution in [3.05, 3.63) is 48.8 Å². The van der Waals surface area contributed by atoms with Crippen molar-refractivity contribution in [2.24, 2.45) is 0 Å². The lowest BCUT2D eigenvalue weighted by molar-refractivity contribution is -0.139. The Morgan fingerprint density at radius 3 is 3.06 bits per heavy atom. The fourth-order valence-corrected chi connectivity index (χ4v) is 1.01. The highest BCUT2D eigenvalue weighted by Gasteiger charge is 1.98. The van der Waals surface area contributed by atoms with Gasteiger partial charge in [0, 0.05) is 18.5 Å². The molecule has 80 valence electrons. The first-order valence-corrected chi connectivity index (χ1v) is 4.49. The van der Waals surface area contributed by atoms with Gasteiger partial charge in [0.25, 0.3) is 0 Å². The topological polar surface area (TPSA) is 69.9 Å². The Kier molecular flexibility index (Phi) is 3.03. The number of aromatic nitrogens is 4. The Labute approximate surface area is 91.2 Å². The van der Waals surface area contributed by atoms with Gasteiger partial charge in [-0.25, -0.2) is 9.78 Å². The molecule has 0 amide bonds. The molecule has 0 unspecified atom stereocenters. The molecule has 0 aliphatic rings. The van der Waals surface area contributed by atoms with Crippen LogP contribution in [0.3, 0.4) is 0 Å². The molecular weight excluding hydrogens is 208 g/mol. The van der Waals surface area contributed by atoms with E-state index < -0.39 is 5.97 Å². The molecule has 0 saturated carbocycles. The van der Waals surface area contributed by atoms with Gasteiger partial charge in [0.05, 0.1) is 0 Å². The molecule has 2 rings (SSSR count). The number of nitrogens with zero attached hydrogens (tertiary/aromatic N) is 4. The van der Waals surface area contributed by atoms with E-state index in [9.17, 15) is 4.79 Å². The first kappa shape index (κ1) is 10.0. The van der Waals surface area contributed by atoms with E-state index in [0.717, 1.165) is 10.4 Å². The summed E-state index contributed by atoms with van der Waals surface area (Å²) in [6.07, 6.45) is 8.75. The van der Waals surface area contributed by atoms with Crippen LogP contribution in [-0.4, -0.2) is 25.9 Å². The largest absolute Gasteiger partial charge is 0.358 e. The monoisotopic (exact) mass is 216 g/mol. The van der Waals surface area contributed by atoms with Gasteiger partial charge in [-0.3, -0.25) is 4.98 Å². The van der Waals surface area contributed by atoms with E-state index in [4.69, 9.17) is 4.84 Å². The minimum Gasteiger partial charge on any atom is -0.313 e. The molecule has 0 radical (unpaired) electrons. The van der Waals surface area contributed by atoms with Gasteiger partial charge >= 0.3 is 5.97 Å². The highest BCUT2D eigenvalue weighted by Crippen LogP contribution is 1.98. The van der Waals surface area contributed by atoms with Crippen molar-refractivity contribution in [1.82, 2.24) is 19.9 Å². The lowest BCUT2D eigenvalue weighted by Crippen LogP contribution is -2.17. The summed E-state index contributed by atoms with van der Waals surface area (Å²) in [7, 11) is 0. The molecule has 0 spiro atoms. The second kappa shape index (κ2) is 4.83. The number of hydrogen-bond acceptors (Lipinski definition) is 5. The normalized spacial score (nSPS) is 10.5. The molecule has 0 fully saturated rings. The number of carbonyl (C=O) groups is 1. The third-order valence-electron chi connectivity index (χ3n) is 1.68. The third-order valence-corrected chi connectivity index (χ3v) is 1.68. The summed E-state index contributed by atoms with van der Waals surface area (Å²) in [5.41, 5.74) is 0.818. The Morgan fingerprint density at radius 1 is 1.44 bits per heavy atom. The van der Waals surface area contributed by atoms with Crippen LogP contribution in [-0.2, 0) is 4.79 Å². The molecule has 0 aromatic carbocycles. The predicted octanol–water partition coefficient (Wildman–Crippen LogP) is 0.342. The summed E-state index contributed by atoms with van der Waals surface area (Å²) in [6, 6.07) is 3.61. The summed E-state index contributed by atoms with van der Waals surface area (Å²) >= 11 is 0. The Balaban J connectivity index is 1.95. The van der Waals surface area contributed by atoms with Crippen molar-refractivity contribution < 1.29 is 9.63 Å². The summed E-state index contributed by atoms with van der Waals surface area (Å²) in [5, 5.41) is 3.63. The molecule has 0 aliphatic heterocycles. The van der Waals surface area contributed by atoms with Gasteiger partial charge in [0.2, 0.25) is 0 Å². The van der Waals surface area contributed by atoms with E-state index in [1.807, 2.05) is 6.07 Å². The van der Waals surface area contributed by atoms with Crippen LogP contribution in [0.5, 0.6) is 0 Å². The van der Waals surface area contributed by atoms with E-state index in [1.165, 1.54) is 18.7 Å². The fraction of sp³-hybridized carbons (Fsp3) is 0. The number of rotatable bonds is 3. The van der Waals surface area contributed by atoms with Crippen molar-refractivity contribution >= 4 is 12.0 Å². The van der Waals surface area contributed by atoms with Crippen LogP contribution in [0, 0.1) is 0 Å². The molecule has 16 heavy (non-hydrogen) atoms. The molecule has 6 nitrogen and oxygen atoms in total. The van der Waals surface area contributed by atoms with Crippen LogP contribution in [0.2, 0.25) is 0 Å². The first-order chi connectivity index (χ1) is 7.84. The average molecular weight is 216 g/mol. The van der Waals surface area contributed by atoms with Crippen molar-refractivity contribution in [2.75, 3.05) is 0 Å². The van der Waals surface area contributed by atoms with E-state index in [2.05, 4.69) is 15.1 Å². The number of pyridine rings is 1. The quantitative estimate of drug-likeness (QED) is 0.692. The Hall–Kier alpha value is -2.50. The zero-order valence-electron chi connectivity index (χ0n) is 8.22. The van der Waals surface area contributed by atoms with E-state index in [1.54, 1.807) is 24.5 Å². The Bertz CT molecular complexity index is 479. The third kappa shape index (κ3) is 2.74. The van der Waals surface area contributed by atoms with E-state index in [-0.39, 0.29) is 0 Å². The van der Waals surface area contributed by atoms with Crippen molar-refractivity contribution in [1.29, 1.82) is 0 Å². The van der Waals surface area contributed by atoms with Crippen LogP contribution in [0.4, 0.5) is 0 Å². The van der Waals surface area contributed by atoms with Crippen LogP contribution >= 0.6 is 0 Å². The zero-order chi connectivity index (χ0) is 11.2. The SMILES string of the molecule is O=C(C=Cc1cccnc1)On1cncn1. The van der Waals surface area contributed by atoms with Gasteiger partial charge in [0.15, 0.2) is 6.33 Å². The first-order valence-electron chi connectivity index (χ1n) is 4.49. The Morgan fingerprint density at radius 2 is 2.38 bits per heavy atom. The second-order valence-corrected chi connectivity index (χ2v) is 2.83. The van der Waals surface area contributed by atoms with Crippen molar-refractivity contribution in [3.63, 3.8) is 0 Å². The van der Waals surface area contributed by atoms with Gasteiger partial charge in [-0.15, -0.1) is 5.10 Å². The molecule has 0 atom stereocenters. The highest BCUT2D eigenvalue weighted by molar-refractivity contribution is 5.87. The molecule has 2 aromatic rings. The fourth-order valence-electron chi connectivity index (χ4n) is 1.01. The zero-order valence-corrected chi connectivity index (χ0v) is 8.22. The van der Waals surface area contributed by atoms with Gasteiger partial charge in [-0.05, 0) is 17.7 Å². The summed E-state index contributed by atoms with van der Waals surface area (Å²) in [5.74, 6) is -0.533. The summed E-state index contributed by atoms with van der Waals surface area (Å²) in [6.45, 7) is 0. The summed E-state index contributed by atoms with van der Waals surface area (Å²) in [4.78, 5) is 24.6. The molecule has 0 N–H and O–H groups in total. The lowest BCUT2D eigenvalue weighted by Gasteiger charge is -1.96. The lowest BCUT2D eigenvalue weighted by atomic mass is 10.3. The molecule has 0 aliphatic carbocycles. The molecule has 0 saturated heterocycles. The minimum absolute atomic E-state index is 0.533. The maximum absolute atomic E-state index is 11.3. The number of hydrogen-bond donors (Lipinski definition) is 0. The van der Waals surface area contributed by atoms with Gasteiger partial charge in [-0.2, -0.15) is 0 Å². The predicted molar refractivity (Wildman–Crippen MR) is 54.9 cm³/mol. The molecular formula is C10H8N4O2. The maximum atomic E-state index is 11.3. The van der Waals surface area contributed by atoms with Crippen LogP contribution in [0.1, 0.15) is 5.56 Å². The molecule has 6 heteroatoms. The molecule has 0 bridgehead atoms. The smallest absolute Gasteiger partial charge is 0.313 e. The van der Waals surface area contributed by atoms with E-state index in [0.29, 0.717) is 0 Å². The van der Waals surface area contributed by atoms with E-state index >= 15 is 0 Å². The van der Waals surface area contributed by atoms with Crippen molar-refractivity contribution in [2.45, 2.75) is 0 Å². The standard InChI is InChI=1S/C10H8N4O2/c15-10(16-14-8-12-7-13-14)4-3-9-2-1-5-11-6-9/h1-8H. The van der Waals surface area contributed by atoms with Crippen LogP contribution in [0.15, 0.2) is 43.3 Å². The number of carbonyl (C=O) groups excluding carboxylic acids is 1. The van der Waals surface area contributed by atoms with Crippen molar-refractivity contribution in [3.8, 4) is 0 Å². The van der Waals surface area contributed by atoms with Crippen LogP contribution < -0.4 is 4.84 Å². The summed E-state index contributed by atoms with van der Waals surface area (Å²) < 4.78 is 0. The highest BCUT2D eigenvalue weighted by atomic mass is 16.7.